The number of cyclic esters (lactones) is 1. The third-order valence-corrected chi connectivity index (χ3v) is 5.85. The van der Waals surface area contributed by atoms with E-state index in [1.807, 2.05) is 12.3 Å². The quantitative estimate of drug-likeness (QED) is 0.835. The van der Waals surface area contributed by atoms with Crippen molar-refractivity contribution in [1.29, 1.82) is 0 Å². The summed E-state index contributed by atoms with van der Waals surface area (Å²) in [5.41, 5.74) is 5.55. The van der Waals surface area contributed by atoms with Gasteiger partial charge in [-0.3, -0.25) is 14.8 Å². The minimum atomic E-state index is -0.350. The van der Waals surface area contributed by atoms with Crippen molar-refractivity contribution in [2.24, 2.45) is 5.92 Å². The predicted octanol–water partition coefficient (Wildman–Crippen LogP) is 2.81. The Morgan fingerprint density at radius 1 is 1.29 bits per heavy atom. The molecule has 1 aromatic carbocycles. The molecule has 0 radical (unpaired) electrons. The molecule has 28 heavy (non-hydrogen) atoms. The second kappa shape index (κ2) is 6.96. The number of fused-ring (bicyclic) bond motifs is 3. The van der Waals surface area contributed by atoms with Crippen LogP contribution in [0, 0.1) is 5.92 Å². The molecule has 1 unspecified atom stereocenters. The fourth-order valence-corrected chi connectivity index (χ4v) is 4.12. The lowest BCUT2D eigenvalue weighted by atomic mass is 10.0. The Labute approximate surface area is 163 Å². The van der Waals surface area contributed by atoms with Crippen molar-refractivity contribution in [3.8, 4) is 11.3 Å². The van der Waals surface area contributed by atoms with E-state index >= 15 is 0 Å². The number of amides is 2. The minimum absolute atomic E-state index is 0.0531. The fraction of sp³-hybridized carbons (Fsp3) is 0.476. The summed E-state index contributed by atoms with van der Waals surface area (Å²) in [5, 5.41) is 10.2. The number of H-pyrrole nitrogens is 1. The summed E-state index contributed by atoms with van der Waals surface area (Å²) < 4.78 is 5.47. The first-order valence-electron chi connectivity index (χ1n) is 10.1. The van der Waals surface area contributed by atoms with Crippen molar-refractivity contribution in [1.82, 2.24) is 15.5 Å². The van der Waals surface area contributed by atoms with Crippen LogP contribution in [-0.2, 0) is 22.4 Å². The van der Waals surface area contributed by atoms with Gasteiger partial charge < -0.3 is 10.1 Å². The summed E-state index contributed by atoms with van der Waals surface area (Å²) in [6, 6.07) is 6.11. The van der Waals surface area contributed by atoms with Crippen LogP contribution < -0.4 is 10.2 Å². The molecule has 1 saturated carbocycles. The third-order valence-electron chi connectivity index (χ3n) is 5.85. The number of carbonyl (C=O) groups is 2. The van der Waals surface area contributed by atoms with Crippen LogP contribution in [0.5, 0.6) is 0 Å². The highest BCUT2D eigenvalue weighted by molar-refractivity contribution is 5.90. The van der Waals surface area contributed by atoms with E-state index in [0.717, 1.165) is 49.0 Å². The van der Waals surface area contributed by atoms with Gasteiger partial charge in [-0.15, -0.1) is 0 Å². The molecule has 2 heterocycles. The highest BCUT2D eigenvalue weighted by Gasteiger charge is 2.33. The van der Waals surface area contributed by atoms with Crippen molar-refractivity contribution in [2.75, 3.05) is 18.0 Å². The molecule has 1 saturated heterocycles. The standard InChI is InChI=1S/C21H24N4O3/c26-19(8-13-4-5-13)22-11-17-12-25(21(27)28-17)16-6-7-18-14(9-16)2-1-3-15-10-23-24-20(15)18/h6-7,9-10,13,17H,1-5,8,11-12H2,(H,22,26)(H,23,24). The Balaban J connectivity index is 1.28. The maximum atomic E-state index is 12.4. The largest absolute Gasteiger partial charge is 0.442 e. The number of carbonyl (C=O) groups excluding carboxylic acids is 2. The molecule has 2 aliphatic carbocycles. The summed E-state index contributed by atoms with van der Waals surface area (Å²) >= 11 is 0. The maximum absolute atomic E-state index is 12.4. The summed E-state index contributed by atoms with van der Waals surface area (Å²) in [6.07, 6.45) is 7.16. The minimum Gasteiger partial charge on any atom is -0.442 e. The Morgan fingerprint density at radius 3 is 3.00 bits per heavy atom. The molecular weight excluding hydrogens is 356 g/mol. The van der Waals surface area contributed by atoms with Gasteiger partial charge in [0.05, 0.1) is 25.0 Å². The molecule has 3 aliphatic rings. The number of benzene rings is 1. The van der Waals surface area contributed by atoms with Crippen LogP contribution in [0.15, 0.2) is 24.4 Å². The topological polar surface area (TPSA) is 87.3 Å². The summed E-state index contributed by atoms with van der Waals surface area (Å²) in [7, 11) is 0. The highest BCUT2D eigenvalue weighted by Crippen LogP contribution is 2.34. The van der Waals surface area contributed by atoms with Gasteiger partial charge in [0.15, 0.2) is 0 Å². The molecule has 1 aromatic heterocycles. The molecule has 1 aliphatic heterocycles. The number of nitrogens with one attached hydrogen (secondary N) is 2. The molecule has 146 valence electrons. The van der Waals surface area contributed by atoms with E-state index in [1.165, 1.54) is 11.1 Å². The van der Waals surface area contributed by atoms with Gasteiger partial charge in [0.2, 0.25) is 5.91 Å². The van der Waals surface area contributed by atoms with Crippen molar-refractivity contribution in [3.63, 3.8) is 0 Å². The molecule has 2 fully saturated rings. The zero-order valence-electron chi connectivity index (χ0n) is 15.7. The fourth-order valence-electron chi connectivity index (χ4n) is 4.12. The predicted molar refractivity (Wildman–Crippen MR) is 104 cm³/mol. The number of anilines is 1. The lowest BCUT2D eigenvalue weighted by molar-refractivity contribution is -0.121. The highest BCUT2D eigenvalue weighted by atomic mass is 16.6. The van der Waals surface area contributed by atoms with E-state index in [9.17, 15) is 9.59 Å². The molecule has 2 aromatic rings. The van der Waals surface area contributed by atoms with Gasteiger partial charge in [0.1, 0.15) is 6.10 Å². The number of hydrogen-bond acceptors (Lipinski definition) is 4. The molecule has 7 heteroatoms. The molecule has 0 spiro atoms. The molecule has 5 rings (SSSR count). The number of aryl methyl sites for hydroxylation is 2. The molecule has 1 atom stereocenters. The van der Waals surface area contributed by atoms with Gasteiger partial charge in [0.25, 0.3) is 0 Å². The summed E-state index contributed by atoms with van der Waals surface area (Å²) in [5.74, 6) is 0.606. The SMILES string of the molecule is O=C(CC1CC1)NCC1CN(c2ccc3c(c2)CCCc2cn[nH]c2-3)C(=O)O1. The van der Waals surface area contributed by atoms with Crippen LogP contribution in [0.3, 0.4) is 0 Å². The van der Waals surface area contributed by atoms with Gasteiger partial charge in [-0.25, -0.2) is 4.79 Å². The van der Waals surface area contributed by atoms with Crippen LogP contribution in [0.2, 0.25) is 0 Å². The second-order valence-electron chi connectivity index (χ2n) is 8.03. The summed E-state index contributed by atoms with van der Waals surface area (Å²) in [6.45, 7) is 0.826. The van der Waals surface area contributed by atoms with Gasteiger partial charge in [-0.1, -0.05) is 6.07 Å². The lowest BCUT2D eigenvalue weighted by Gasteiger charge is -2.16. The second-order valence-corrected chi connectivity index (χ2v) is 8.03. The normalized spacial score (nSPS) is 20.9. The van der Waals surface area contributed by atoms with Crippen molar-refractivity contribution in [3.05, 3.63) is 35.5 Å². The zero-order valence-corrected chi connectivity index (χ0v) is 15.7. The first kappa shape index (κ1) is 17.3. The van der Waals surface area contributed by atoms with Crippen molar-refractivity contribution in [2.45, 2.75) is 44.6 Å². The van der Waals surface area contributed by atoms with Crippen LogP contribution >= 0.6 is 0 Å². The first-order chi connectivity index (χ1) is 13.7. The molecule has 0 bridgehead atoms. The third kappa shape index (κ3) is 3.37. The zero-order chi connectivity index (χ0) is 19.1. The number of aromatic amines is 1. The molecular formula is C21H24N4O3. The molecule has 2 amide bonds. The van der Waals surface area contributed by atoms with Crippen molar-refractivity contribution < 1.29 is 14.3 Å². The number of ether oxygens (including phenoxy) is 1. The molecule has 7 nitrogen and oxygen atoms in total. The van der Waals surface area contributed by atoms with Gasteiger partial charge in [-0.05, 0) is 61.3 Å². The average Bonchev–Trinajstić information content (AvgIpc) is 3.29. The van der Waals surface area contributed by atoms with Gasteiger partial charge in [-0.2, -0.15) is 5.10 Å². The van der Waals surface area contributed by atoms with E-state index in [1.54, 1.807) is 4.90 Å². The maximum Gasteiger partial charge on any atom is 0.414 e. The average molecular weight is 380 g/mol. The Morgan fingerprint density at radius 2 is 2.14 bits per heavy atom. The van der Waals surface area contributed by atoms with E-state index in [0.29, 0.717) is 25.4 Å². The van der Waals surface area contributed by atoms with E-state index < -0.39 is 0 Å². The monoisotopic (exact) mass is 380 g/mol. The number of hydrogen-bond donors (Lipinski definition) is 2. The van der Waals surface area contributed by atoms with Crippen molar-refractivity contribution >= 4 is 17.7 Å². The van der Waals surface area contributed by atoms with Crippen LogP contribution in [0.4, 0.5) is 10.5 Å². The smallest absolute Gasteiger partial charge is 0.414 e. The Kier molecular flexibility index (Phi) is 4.30. The van der Waals surface area contributed by atoms with E-state index in [-0.39, 0.29) is 18.1 Å². The number of nitrogens with zero attached hydrogens (tertiary/aromatic N) is 2. The van der Waals surface area contributed by atoms with E-state index in [4.69, 9.17) is 4.74 Å². The van der Waals surface area contributed by atoms with Gasteiger partial charge >= 0.3 is 6.09 Å². The number of aromatic nitrogens is 2. The lowest BCUT2D eigenvalue weighted by Crippen LogP contribution is -2.34. The first-order valence-corrected chi connectivity index (χ1v) is 10.1. The molecule has 2 N–H and O–H groups in total. The number of rotatable bonds is 5. The van der Waals surface area contributed by atoms with Crippen LogP contribution in [0.25, 0.3) is 11.3 Å². The summed E-state index contributed by atoms with van der Waals surface area (Å²) in [4.78, 5) is 25.9. The van der Waals surface area contributed by atoms with E-state index in [2.05, 4.69) is 27.6 Å². The van der Waals surface area contributed by atoms with Gasteiger partial charge in [0, 0.05) is 17.7 Å². The Bertz CT molecular complexity index is 918. The Hall–Kier alpha value is -2.83. The van der Waals surface area contributed by atoms with Crippen LogP contribution in [-0.4, -0.2) is 41.4 Å². The van der Waals surface area contributed by atoms with Crippen LogP contribution in [0.1, 0.15) is 36.8 Å².